The van der Waals surface area contributed by atoms with Crippen LogP contribution in [-0.4, -0.2) is 70.2 Å². The van der Waals surface area contributed by atoms with Crippen LogP contribution in [0, 0.1) is 6.92 Å². The summed E-state index contributed by atoms with van der Waals surface area (Å²) in [5, 5.41) is 0. The minimum Gasteiger partial charge on any atom is -0.342 e. The third-order valence-corrected chi connectivity index (χ3v) is 7.96. The summed E-state index contributed by atoms with van der Waals surface area (Å²) in [6.45, 7) is 8.62. The number of aryl methyl sites for hydroxylation is 1. The topological polar surface area (TPSA) is 60.9 Å². The first kappa shape index (κ1) is 22.6. The fourth-order valence-corrected chi connectivity index (χ4v) is 6.14. The van der Waals surface area contributed by atoms with Gasteiger partial charge in [0.05, 0.1) is 11.5 Å². The van der Waals surface area contributed by atoms with Crippen LogP contribution in [0.3, 0.4) is 0 Å². The molecule has 0 aromatic heterocycles. The maximum absolute atomic E-state index is 13.9. The third-order valence-electron chi connectivity index (χ3n) is 7.96. The van der Waals surface area contributed by atoms with E-state index in [2.05, 4.69) is 0 Å². The van der Waals surface area contributed by atoms with Crippen LogP contribution in [0.2, 0.25) is 0 Å². The number of piperidine rings is 1. The second kappa shape index (κ2) is 8.57. The number of hydrogen-bond donors (Lipinski definition) is 0. The van der Waals surface area contributed by atoms with Crippen molar-refractivity contribution in [1.82, 2.24) is 14.7 Å². The van der Waals surface area contributed by atoms with Crippen molar-refractivity contribution in [3.05, 3.63) is 70.8 Å². The monoisotopic (exact) mass is 459 g/mol. The van der Waals surface area contributed by atoms with Crippen molar-refractivity contribution in [3.8, 4) is 0 Å². The molecule has 3 aliphatic rings. The fourth-order valence-electron chi connectivity index (χ4n) is 6.14. The lowest BCUT2D eigenvalue weighted by Crippen LogP contribution is -2.68. The van der Waals surface area contributed by atoms with Crippen LogP contribution in [0.1, 0.15) is 70.9 Å². The summed E-state index contributed by atoms with van der Waals surface area (Å²) in [7, 11) is 0. The van der Waals surface area contributed by atoms with Crippen molar-refractivity contribution in [2.24, 2.45) is 0 Å². The van der Waals surface area contributed by atoms with E-state index >= 15 is 0 Å². The van der Waals surface area contributed by atoms with Gasteiger partial charge in [0.2, 0.25) is 5.91 Å². The van der Waals surface area contributed by atoms with Crippen LogP contribution in [0.15, 0.2) is 48.5 Å². The molecule has 2 aromatic rings. The molecule has 1 spiro atoms. The molecule has 5 rings (SSSR count). The minimum absolute atomic E-state index is 0.00283. The Morgan fingerprint density at radius 3 is 2.18 bits per heavy atom. The van der Waals surface area contributed by atoms with E-state index in [0.717, 1.165) is 36.2 Å². The molecule has 0 bridgehead atoms. The lowest BCUT2D eigenvalue weighted by atomic mass is 9.66. The van der Waals surface area contributed by atoms with Gasteiger partial charge < -0.3 is 14.7 Å². The molecule has 0 aliphatic carbocycles. The van der Waals surface area contributed by atoms with Crippen molar-refractivity contribution in [3.63, 3.8) is 0 Å². The normalized spacial score (nSPS) is 21.5. The van der Waals surface area contributed by atoms with E-state index in [4.69, 9.17) is 0 Å². The average molecular weight is 460 g/mol. The Kier molecular flexibility index (Phi) is 5.70. The molecule has 34 heavy (non-hydrogen) atoms. The number of fused-ring (bicyclic) bond motifs is 1. The van der Waals surface area contributed by atoms with Crippen LogP contribution >= 0.6 is 0 Å². The minimum atomic E-state index is -0.630. The van der Waals surface area contributed by atoms with Gasteiger partial charge in [0, 0.05) is 43.3 Å². The van der Waals surface area contributed by atoms with Crippen molar-refractivity contribution in [2.45, 2.75) is 57.5 Å². The number of carbonyl (C=O) groups is 3. The van der Waals surface area contributed by atoms with Gasteiger partial charge in [0.15, 0.2) is 0 Å². The molecule has 6 heteroatoms. The van der Waals surface area contributed by atoms with Crippen molar-refractivity contribution in [1.29, 1.82) is 0 Å². The van der Waals surface area contributed by atoms with Crippen LogP contribution < -0.4 is 0 Å². The van der Waals surface area contributed by atoms with Crippen LogP contribution in [-0.2, 0) is 4.79 Å². The van der Waals surface area contributed by atoms with Crippen molar-refractivity contribution >= 4 is 17.7 Å². The van der Waals surface area contributed by atoms with E-state index in [-0.39, 0.29) is 23.8 Å². The Morgan fingerprint density at radius 1 is 0.912 bits per heavy atom. The van der Waals surface area contributed by atoms with E-state index < -0.39 is 11.5 Å². The number of amides is 3. The van der Waals surface area contributed by atoms with E-state index in [1.54, 1.807) is 0 Å². The van der Waals surface area contributed by atoms with Gasteiger partial charge in [0.25, 0.3) is 11.8 Å². The molecule has 3 amide bonds. The number of benzene rings is 2. The van der Waals surface area contributed by atoms with Crippen LogP contribution in [0.5, 0.6) is 0 Å². The molecule has 1 unspecified atom stereocenters. The van der Waals surface area contributed by atoms with Gasteiger partial charge >= 0.3 is 0 Å². The lowest BCUT2D eigenvalue weighted by molar-refractivity contribution is -0.142. The third kappa shape index (κ3) is 3.42. The van der Waals surface area contributed by atoms with Crippen LogP contribution in [0.25, 0.3) is 0 Å². The lowest BCUT2D eigenvalue weighted by Gasteiger charge is -2.57. The standard InChI is InChI=1S/C28H33N3O3/c1-19(2)31-26(33)23-12-7-6-11-22(23)24(27(34)29-15-8-16-29)28(31)13-17-30(18-14-28)25(32)21-10-5-4-9-20(21)3/h4-7,9-12,19,24H,8,13-18H2,1-3H3. The summed E-state index contributed by atoms with van der Waals surface area (Å²) in [6.07, 6.45) is 2.21. The molecule has 6 nitrogen and oxygen atoms in total. The molecule has 0 saturated carbocycles. The number of carbonyl (C=O) groups excluding carboxylic acids is 3. The number of likely N-dealkylation sites (tertiary alicyclic amines) is 2. The van der Waals surface area contributed by atoms with Gasteiger partial charge in [-0.05, 0) is 63.3 Å². The summed E-state index contributed by atoms with van der Waals surface area (Å²) >= 11 is 0. The van der Waals surface area contributed by atoms with Gasteiger partial charge in [0.1, 0.15) is 0 Å². The predicted molar refractivity (Wildman–Crippen MR) is 131 cm³/mol. The molecule has 1 atom stereocenters. The highest BCUT2D eigenvalue weighted by atomic mass is 16.2. The number of hydrogen-bond acceptors (Lipinski definition) is 3. The summed E-state index contributed by atoms with van der Waals surface area (Å²) < 4.78 is 0. The molecule has 0 radical (unpaired) electrons. The largest absolute Gasteiger partial charge is 0.342 e. The second-order valence-corrected chi connectivity index (χ2v) is 10.2. The zero-order valence-corrected chi connectivity index (χ0v) is 20.3. The predicted octanol–water partition coefficient (Wildman–Crippen LogP) is 3.85. The highest BCUT2D eigenvalue weighted by Crippen LogP contribution is 2.49. The van der Waals surface area contributed by atoms with Crippen molar-refractivity contribution < 1.29 is 14.4 Å². The van der Waals surface area contributed by atoms with E-state index in [9.17, 15) is 14.4 Å². The maximum atomic E-state index is 13.9. The number of rotatable bonds is 3. The first-order chi connectivity index (χ1) is 16.3. The van der Waals surface area contributed by atoms with Gasteiger partial charge in [-0.15, -0.1) is 0 Å². The Labute approximate surface area is 201 Å². The van der Waals surface area contributed by atoms with Crippen LogP contribution in [0.4, 0.5) is 0 Å². The molecule has 178 valence electrons. The molecule has 3 heterocycles. The first-order valence-electron chi connectivity index (χ1n) is 12.4. The molecule has 3 aliphatic heterocycles. The smallest absolute Gasteiger partial charge is 0.254 e. The zero-order chi connectivity index (χ0) is 24.0. The summed E-state index contributed by atoms with van der Waals surface area (Å²) in [5.41, 5.74) is 2.54. The molecular formula is C28H33N3O3. The zero-order valence-electron chi connectivity index (χ0n) is 20.3. The average Bonchev–Trinajstić information content (AvgIpc) is 2.78. The quantitative estimate of drug-likeness (QED) is 0.701. The van der Waals surface area contributed by atoms with E-state index in [1.165, 1.54) is 0 Å². The van der Waals surface area contributed by atoms with Gasteiger partial charge in [-0.1, -0.05) is 36.4 Å². The second-order valence-electron chi connectivity index (χ2n) is 10.2. The van der Waals surface area contributed by atoms with E-state index in [1.807, 2.05) is 84.0 Å². The molecule has 0 N–H and O–H groups in total. The summed E-state index contributed by atoms with van der Waals surface area (Å²) in [6, 6.07) is 15.2. The molecule has 2 saturated heterocycles. The summed E-state index contributed by atoms with van der Waals surface area (Å²) in [4.78, 5) is 46.7. The Hall–Kier alpha value is -3.15. The molecular weight excluding hydrogens is 426 g/mol. The maximum Gasteiger partial charge on any atom is 0.254 e. The van der Waals surface area contributed by atoms with Gasteiger partial charge in [-0.3, -0.25) is 14.4 Å². The van der Waals surface area contributed by atoms with E-state index in [0.29, 0.717) is 31.5 Å². The number of nitrogens with zero attached hydrogens (tertiary/aromatic N) is 3. The molecule has 2 aromatic carbocycles. The summed E-state index contributed by atoms with van der Waals surface area (Å²) in [5.74, 6) is -0.260. The van der Waals surface area contributed by atoms with Crippen molar-refractivity contribution in [2.75, 3.05) is 26.2 Å². The van der Waals surface area contributed by atoms with Gasteiger partial charge in [-0.25, -0.2) is 0 Å². The Balaban J connectivity index is 1.53. The fraction of sp³-hybridized carbons (Fsp3) is 0.464. The molecule has 2 fully saturated rings. The SMILES string of the molecule is Cc1ccccc1C(=O)N1CCC2(CC1)C(C(=O)N1CCC1)c1ccccc1C(=O)N2C(C)C. The van der Waals surface area contributed by atoms with Gasteiger partial charge in [-0.2, -0.15) is 0 Å². The Bertz CT molecular complexity index is 1130. The highest BCUT2D eigenvalue weighted by Gasteiger charge is 2.57. The Morgan fingerprint density at radius 2 is 1.56 bits per heavy atom. The first-order valence-corrected chi connectivity index (χ1v) is 12.4. The highest BCUT2D eigenvalue weighted by molar-refractivity contribution is 6.02.